The van der Waals surface area contributed by atoms with E-state index in [1.54, 1.807) is 6.07 Å². The summed E-state index contributed by atoms with van der Waals surface area (Å²) in [4.78, 5) is 1.95. The molecule has 4 nitrogen and oxygen atoms in total. The van der Waals surface area contributed by atoms with Gasteiger partial charge in [0, 0.05) is 12.6 Å². The average molecular weight is 263 g/mol. The zero-order valence-corrected chi connectivity index (χ0v) is 9.91. The van der Waals surface area contributed by atoms with Gasteiger partial charge in [-0.2, -0.15) is 13.2 Å². The van der Waals surface area contributed by atoms with E-state index >= 15 is 0 Å². The first-order valence-electron chi connectivity index (χ1n) is 5.92. The molecule has 1 aliphatic rings. The van der Waals surface area contributed by atoms with E-state index in [4.69, 9.17) is 10.3 Å². The summed E-state index contributed by atoms with van der Waals surface area (Å²) in [5.41, 5.74) is 6.06. The number of halogens is 3. The van der Waals surface area contributed by atoms with Gasteiger partial charge in [0.25, 0.3) is 0 Å². The lowest BCUT2D eigenvalue weighted by Crippen LogP contribution is -2.38. The minimum atomic E-state index is -4.06. The summed E-state index contributed by atoms with van der Waals surface area (Å²) in [5.74, 6) is -0.510. The van der Waals surface area contributed by atoms with E-state index in [1.165, 1.54) is 0 Å². The molecule has 0 bridgehead atoms. The Kier molecular flexibility index (Phi) is 3.91. The molecule has 0 aromatic carbocycles. The number of hydrogen-bond acceptors (Lipinski definition) is 4. The van der Waals surface area contributed by atoms with Crippen LogP contribution in [0.2, 0.25) is 0 Å². The number of rotatable bonds is 3. The monoisotopic (exact) mass is 263 g/mol. The molecule has 0 radical (unpaired) electrons. The number of piperidine rings is 1. The predicted molar refractivity (Wildman–Crippen MR) is 58.5 cm³/mol. The highest BCUT2D eigenvalue weighted by Gasteiger charge is 2.41. The second-order valence-electron chi connectivity index (χ2n) is 4.58. The minimum absolute atomic E-state index is 0.154. The smallest absolute Gasteiger partial charge is 0.360 e. The summed E-state index contributed by atoms with van der Waals surface area (Å²) in [6.45, 7) is 1.67. The van der Waals surface area contributed by atoms with Gasteiger partial charge in [-0.15, -0.1) is 0 Å². The van der Waals surface area contributed by atoms with Crippen LogP contribution in [0.25, 0.3) is 0 Å². The lowest BCUT2D eigenvalue weighted by atomic mass is 9.96. The Morgan fingerprint density at radius 2 is 2.06 bits per heavy atom. The normalized spacial score (nSPS) is 19.3. The Balaban J connectivity index is 1.83. The Morgan fingerprint density at radius 1 is 1.39 bits per heavy atom. The average Bonchev–Trinajstić information content (AvgIpc) is 2.76. The third-order valence-corrected chi connectivity index (χ3v) is 3.25. The number of aromatic nitrogens is 1. The third kappa shape index (κ3) is 3.23. The largest absolute Gasteiger partial charge is 0.391 e. The highest BCUT2D eigenvalue weighted by Crippen LogP contribution is 2.34. The van der Waals surface area contributed by atoms with Crippen LogP contribution in [-0.2, 0) is 13.1 Å². The van der Waals surface area contributed by atoms with E-state index in [1.807, 2.05) is 4.90 Å². The predicted octanol–water partition coefficient (Wildman–Crippen LogP) is 1.91. The van der Waals surface area contributed by atoms with Crippen molar-refractivity contribution in [3.05, 3.63) is 17.5 Å². The van der Waals surface area contributed by atoms with Crippen molar-refractivity contribution < 1.29 is 17.7 Å². The maximum atomic E-state index is 12.5. The van der Waals surface area contributed by atoms with Gasteiger partial charge >= 0.3 is 6.18 Å². The van der Waals surface area contributed by atoms with Crippen molar-refractivity contribution in [2.75, 3.05) is 13.1 Å². The van der Waals surface area contributed by atoms with Crippen LogP contribution < -0.4 is 5.73 Å². The number of alkyl halides is 3. The maximum Gasteiger partial charge on any atom is 0.391 e. The van der Waals surface area contributed by atoms with E-state index in [9.17, 15) is 13.2 Å². The lowest BCUT2D eigenvalue weighted by Gasteiger charge is -2.32. The van der Waals surface area contributed by atoms with Crippen molar-refractivity contribution in [3.8, 4) is 0 Å². The Bertz CT molecular complexity index is 383. The van der Waals surface area contributed by atoms with Gasteiger partial charge in [0.15, 0.2) is 5.76 Å². The van der Waals surface area contributed by atoms with E-state index in [0.717, 1.165) is 0 Å². The van der Waals surface area contributed by atoms with E-state index < -0.39 is 12.1 Å². The van der Waals surface area contributed by atoms with Crippen molar-refractivity contribution in [3.63, 3.8) is 0 Å². The third-order valence-electron chi connectivity index (χ3n) is 3.25. The van der Waals surface area contributed by atoms with Crippen LogP contribution in [0.15, 0.2) is 10.6 Å². The number of likely N-dealkylation sites (tertiary alicyclic amines) is 1. The zero-order valence-electron chi connectivity index (χ0n) is 9.91. The van der Waals surface area contributed by atoms with Gasteiger partial charge in [0.1, 0.15) is 0 Å². The van der Waals surface area contributed by atoms with E-state index in [-0.39, 0.29) is 12.8 Å². The van der Waals surface area contributed by atoms with Crippen LogP contribution in [0.3, 0.4) is 0 Å². The molecule has 7 heteroatoms. The summed E-state index contributed by atoms with van der Waals surface area (Å²) in [6, 6.07) is 1.75. The Labute approximate surface area is 103 Å². The second kappa shape index (κ2) is 5.27. The quantitative estimate of drug-likeness (QED) is 0.905. The molecule has 102 valence electrons. The first-order valence-corrected chi connectivity index (χ1v) is 5.92. The fourth-order valence-corrected chi connectivity index (χ4v) is 2.17. The fraction of sp³-hybridized carbons (Fsp3) is 0.727. The minimum Gasteiger partial charge on any atom is -0.360 e. The molecule has 0 atom stereocenters. The van der Waals surface area contributed by atoms with Gasteiger partial charge in [-0.05, 0) is 25.9 Å². The molecule has 1 aromatic heterocycles. The standard InChI is InChI=1S/C11H16F3N3O/c12-11(13,14)8-1-3-17(4-2-8)7-10-5-9(6-15)16-18-10/h5,8H,1-4,6-7,15H2. The molecule has 2 N–H and O–H groups in total. The van der Waals surface area contributed by atoms with Crippen molar-refractivity contribution in [1.29, 1.82) is 0 Å². The molecule has 2 heterocycles. The molecule has 1 aliphatic heterocycles. The van der Waals surface area contributed by atoms with Crippen molar-refractivity contribution in [2.24, 2.45) is 11.7 Å². The molecule has 1 aromatic rings. The van der Waals surface area contributed by atoms with Crippen LogP contribution in [0.1, 0.15) is 24.3 Å². The fourth-order valence-electron chi connectivity index (χ4n) is 2.17. The molecule has 2 rings (SSSR count). The van der Waals surface area contributed by atoms with Gasteiger partial charge in [-0.25, -0.2) is 0 Å². The van der Waals surface area contributed by atoms with E-state index in [2.05, 4.69) is 5.16 Å². The Hall–Kier alpha value is -1.08. The number of hydrogen-bond donors (Lipinski definition) is 1. The number of nitrogens with zero attached hydrogens (tertiary/aromatic N) is 2. The summed E-state index contributed by atoms with van der Waals surface area (Å²) in [7, 11) is 0. The summed E-state index contributed by atoms with van der Waals surface area (Å²) >= 11 is 0. The lowest BCUT2D eigenvalue weighted by molar-refractivity contribution is -0.185. The highest BCUT2D eigenvalue weighted by atomic mass is 19.4. The van der Waals surface area contributed by atoms with E-state index in [0.29, 0.717) is 37.6 Å². The second-order valence-corrected chi connectivity index (χ2v) is 4.58. The van der Waals surface area contributed by atoms with Crippen LogP contribution >= 0.6 is 0 Å². The molecule has 0 spiro atoms. The summed E-state index contributed by atoms with van der Waals surface area (Å²) in [6.07, 6.45) is -3.76. The molecular formula is C11H16F3N3O. The Morgan fingerprint density at radius 3 is 2.56 bits per heavy atom. The van der Waals surface area contributed by atoms with Crippen molar-refractivity contribution in [2.45, 2.75) is 32.1 Å². The molecule has 1 fully saturated rings. The van der Waals surface area contributed by atoms with Gasteiger partial charge < -0.3 is 10.3 Å². The van der Waals surface area contributed by atoms with Gasteiger partial charge in [-0.1, -0.05) is 5.16 Å². The van der Waals surface area contributed by atoms with Crippen molar-refractivity contribution in [1.82, 2.24) is 10.1 Å². The van der Waals surface area contributed by atoms with Gasteiger partial charge in [-0.3, -0.25) is 4.90 Å². The topological polar surface area (TPSA) is 55.3 Å². The molecule has 1 saturated heterocycles. The highest BCUT2D eigenvalue weighted by molar-refractivity contribution is 5.04. The molecule has 0 amide bonds. The van der Waals surface area contributed by atoms with Crippen LogP contribution in [0.4, 0.5) is 13.2 Å². The number of nitrogens with two attached hydrogens (primary N) is 1. The van der Waals surface area contributed by atoms with Crippen LogP contribution in [-0.4, -0.2) is 29.3 Å². The first kappa shape index (κ1) is 13.4. The molecule has 0 unspecified atom stereocenters. The first-order chi connectivity index (χ1) is 8.49. The summed E-state index contributed by atoms with van der Waals surface area (Å²) in [5, 5.41) is 3.75. The van der Waals surface area contributed by atoms with Gasteiger partial charge in [0.2, 0.25) is 0 Å². The van der Waals surface area contributed by atoms with Crippen LogP contribution in [0.5, 0.6) is 0 Å². The zero-order chi connectivity index (χ0) is 13.2. The van der Waals surface area contributed by atoms with Gasteiger partial charge in [0.05, 0.1) is 18.2 Å². The molecule has 0 saturated carbocycles. The van der Waals surface area contributed by atoms with Crippen molar-refractivity contribution >= 4 is 0 Å². The summed E-state index contributed by atoms with van der Waals surface area (Å²) < 4.78 is 42.5. The SMILES string of the molecule is NCc1cc(CN2CCC(C(F)(F)F)CC2)on1. The molecule has 18 heavy (non-hydrogen) atoms. The van der Waals surface area contributed by atoms with Crippen LogP contribution in [0, 0.1) is 5.92 Å². The molecule has 0 aliphatic carbocycles. The maximum absolute atomic E-state index is 12.5. The molecular weight excluding hydrogens is 247 g/mol.